The van der Waals surface area contributed by atoms with Crippen molar-refractivity contribution in [2.24, 2.45) is 0 Å². The van der Waals surface area contributed by atoms with Gasteiger partial charge in [0.05, 0.1) is 17.8 Å². The molecule has 1 aliphatic heterocycles. The highest BCUT2D eigenvalue weighted by molar-refractivity contribution is 9.10. The van der Waals surface area contributed by atoms with Gasteiger partial charge >= 0.3 is 0 Å². The summed E-state index contributed by atoms with van der Waals surface area (Å²) >= 11 is 15.6. The molecule has 0 unspecified atom stereocenters. The average Bonchev–Trinajstić information content (AvgIpc) is 3.30. The first-order valence-electron chi connectivity index (χ1n) is 10.6. The van der Waals surface area contributed by atoms with Crippen molar-refractivity contribution in [2.45, 2.75) is 25.9 Å². The molecule has 1 N–H and O–H groups in total. The number of benzene rings is 2. The lowest BCUT2D eigenvalue weighted by molar-refractivity contribution is 0.565. The molecule has 0 spiro atoms. The van der Waals surface area contributed by atoms with Crippen LogP contribution in [0.1, 0.15) is 34.7 Å². The summed E-state index contributed by atoms with van der Waals surface area (Å²) in [5, 5.41) is 4.90. The fraction of sp³-hybridized carbons (Fsp3) is 0.154. The second-order valence-corrected chi connectivity index (χ2v) is 9.85. The zero-order valence-corrected chi connectivity index (χ0v) is 21.3. The summed E-state index contributed by atoms with van der Waals surface area (Å²) in [6, 6.07) is 24.3. The number of hydrogen-bond donors (Lipinski definition) is 1. The molecule has 5 rings (SSSR count). The summed E-state index contributed by atoms with van der Waals surface area (Å²) < 4.78 is 3.34. The summed E-state index contributed by atoms with van der Waals surface area (Å²) in [7, 11) is 0. The van der Waals surface area contributed by atoms with Gasteiger partial charge in [-0.25, -0.2) is 0 Å². The second kappa shape index (κ2) is 8.93. The van der Waals surface area contributed by atoms with E-state index >= 15 is 0 Å². The molecule has 2 aromatic heterocycles. The molecule has 4 nitrogen and oxygen atoms in total. The van der Waals surface area contributed by atoms with Crippen LogP contribution in [-0.2, 0) is 0 Å². The maximum absolute atomic E-state index is 6.18. The number of rotatable bonds is 4. The Bertz CT molecular complexity index is 1320. The highest BCUT2D eigenvalue weighted by atomic mass is 79.9. The van der Waals surface area contributed by atoms with E-state index in [9.17, 15) is 0 Å². The first-order valence-corrected chi connectivity index (χ1v) is 12.2. The van der Waals surface area contributed by atoms with Crippen LogP contribution in [0.4, 0.5) is 5.69 Å². The Morgan fingerprint density at radius 1 is 0.970 bits per heavy atom. The van der Waals surface area contributed by atoms with E-state index in [-0.39, 0.29) is 12.1 Å². The van der Waals surface area contributed by atoms with Crippen molar-refractivity contribution in [2.75, 3.05) is 4.90 Å². The van der Waals surface area contributed by atoms with E-state index in [1.807, 2.05) is 54.7 Å². The average molecular weight is 538 g/mol. The van der Waals surface area contributed by atoms with Gasteiger partial charge in [0, 0.05) is 38.5 Å². The quantitative estimate of drug-likeness (QED) is 0.282. The lowest BCUT2D eigenvalue weighted by Crippen LogP contribution is -2.29. The number of anilines is 1. The number of aromatic nitrogens is 2. The SMILES string of the molecule is Cc1cc([C@@H]2[C@H](c3ccccn3)NC(=S)N2c2ccc(Cl)cc2)c(C)n1-c1cccc(Br)c1. The van der Waals surface area contributed by atoms with Crippen molar-refractivity contribution in [3.8, 4) is 5.69 Å². The Balaban J connectivity index is 1.68. The Labute approximate surface area is 212 Å². The Kier molecular flexibility index (Phi) is 5.99. The summed E-state index contributed by atoms with van der Waals surface area (Å²) in [4.78, 5) is 6.84. The van der Waals surface area contributed by atoms with Gasteiger partial charge in [0.2, 0.25) is 0 Å². The van der Waals surface area contributed by atoms with Crippen molar-refractivity contribution in [3.63, 3.8) is 0 Å². The molecule has 0 amide bonds. The number of aryl methyl sites for hydroxylation is 1. The van der Waals surface area contributed by atoms with Gasteiger partial charge in [0.15, 0.2) is 5.11 Å². The normalized spacial score (nSPS) is 17.9. The van der Waals surface area contributed by atoms with Crippen molar-refractivity contribution in [3.05, 3.63) is 111 Å². The summed E-state index contributed by atoms with van der Waals surface area (Å²) in [5.74, 6) is 0. The van der Waals surface area contributed by atoms with Crippen LogP contribution >= 0.6 is 39.7 Å². The van der Waals surface area contributed by atoms with Crippen LogP contribution < -0.4 is 10.2 Å². The molecule has 166 valence electrons. The van der Waals surface area contributed by atoms with Crippen LogP contribution in [-0.4, -0.2) is 14.7 Å². The van der Waals surface area contributed by atoms with E-state index < -0.39 is 0 Å². The van der Waals surface area contributed by atoms with E-state index in [2.05, 4.69) is 73.8 Å². The highest BCUT2D eigenvalue weighted by Crippen LogP contribution is 2.44. The van der Waals surface area contributed by atoms with Gasteiger partial charge in [-0.1, -0.05) is 39.7 Å². The van der Waals surface area contributed by atoms with E-state index in [4.69, 9.17) is 23.8 Å². The van der Waals surface area contributed by atoms with Gasteiger partial charge in [-0.3, -0.25) is 4.98 Å². The van der Waals surface area contributed by atoms with Crippen LogP contribution in [0, 0.1) is 13.8 Å². The van der Waals surface area contributed by atoms with E-state index in [0.717, 1.165) is 27.2 Å². The first-order chi connectivity index (χ1) is 15.9. The van der Waals surface area contributed by atoms with E-state index in [1.54, 1.807) is 0 Å². The zero-order valence-electron chi connectivity index (χ0n) is 18.2. The standard InChI is InChI=1S/C26H22BrClN4S/c1-16-14-22(17(2)31(16)21-7-5-6-18(27)15-21)25-24(23-8-3-4-13-29-23)30-26(33)32(25)20-11-9-19(28)10-12-20/h3-15,24-25H,1-2H3,(H,30,33)/t24-,25+/m0/s1. The third-order valence-electron chi connectivity index (χ3n) is 6.06. The maximum atomic E-state index is 6.18. The van der Waals surface area contributed by atoms with Gasteiger partial charge in [-0.2, -0.15) is 0 Å². The van der Waals surface area contributed by atoms with Crippen LogP contribution in [0.3, 0.4) is 0 Å². The smallest absolute Gasteiger partial charge is 0.174 e. The molecule has 4 aromatic rings. The topological polar surface area (TPSA) is 33.1 Å². The minimum atomic E-state index is -0.0918. The highest BCUT2D eigenvalue weighted by Gasteiger charge is 2.42. The molecular formula is C26H22BrClN4S. The second-order valence-electron chi connectivity index (χ2n) is 8.11. The molecule has 1 aliphatic rings. The number of thiocarbonyl (C=S) groups is 1. The third kappa shape index (κ3) is 4.07. The zero-order chi connectivity index (χ0) is 23.1. The van der Waals surface area contributed by atoms with Crippen molar-refractivity contribution >= 4 is 50.5 Å². The molecule has 2 atom stereocenters. The lowest BCUT2D eigenvalue weighted by Gasteiger charge is -2.28. The molecule has 0 saturated carbocycles. The first kappa shape index (κ1) is 22.1. The number of pyridine rings is 1. The fourth-order valence-corrected chi connectivity index (χ4v) is 5.51. The van der Waals surface area contributed by atoms with Crippen LogP contribution in [0.2, 0.25) is 5.02 Å². The molecule has 0 aliphatic carbocycles. The molecule has 0 bridgehead atoms. The van der Waals surface area contributed by atoms with Crippen LogP contribution in [0.5, 0.6) is 0 Å². The molecular weight excluding hydrogens is 516 g/mol. The minimum absolute atomic E-state index is 0.0688. The number of halogens is 2. The Hall–Kier alpha value is -2.67. The Morgan fingerprint density at radius 2 is 1.76 bits per heavy atom. The fourth-order valence-electron chi connectivity index (χ4n) is 4.65. The number of hydrogen-bond acceptors (Lipinski definition) is 2. The van der Waals surface area contributed by atoms with Gasteiger partial charge < -0.3 is 14.8 Å². The van der Waals surface area contributed by atoms with Crippen molar-refractivity contribution < 1.29 is 0 Å². The predicted molar refractivity (Wildman–Crippen MR) is 142 cm³/mol. The lowest BCUT2D eigenvalue weighted by atomic mass is 9.96. The van der Waals surface area contributed by atoms with Gasteiger partial charge in [-0.15, -0.1) is 0 Å². The van der Waals surface area contributed by atoms with Crippen molar-refractivity contribution in [1.82, 2.24) is 14.9 Å². The summed E-state index contributed by atoms with van der Waals surface area (Å²) in [6.07, 6.45) is 1.83. The molecule has 2 aromatic carbocycles. The third-order valence-corrected chi connectivity index (χ3v) is 7.12. The Morgan fingerprint density at radius 3 is 2.45 bits per heavy atom. The van der Waals surface area contributed by atoms with Crippen LogP contribution in [0.25, 0.3) is 5.69 Å². The van der Waals surface area contributed by atoms with E-state index in [1.165, 1.54) is 11.3 Å². The van der Waals surface area contributed by atoms with E-state index in [0.29, 0.717) is 10.1 Å². The number of nitrogens with one attached hydrogen (secondary N) is 1. The van der Waals surface area contributed by atoms with Crippen LogP contribution in [0.15, 0.2) is 83.5 Å². The number of nitrogens with zero attached hydrogens (tertiary/aromatic N) is 3. The summed E-state index contributed by atoms with van der Waals surface area (Å²) in [5.41, 5.74) is 6.59. The molecule has 0 radical (unpaired) electrons. The van der Waals surface area contributed by atoms with Gasteiger partial charge in [0.25, 0.3) is 0 Å². The summed E-state index contributed by atoms with van der Waals surface area (Å²) in [6.45, 7) is 4.31. The molecule has 1 fully saturated rings. The largest absolute Gasteiger partial charge is 0.351 e. The minimum Gasteiger partial charge on any atom is -0.351 e. The maximum Gasteiger partial charge on any atom is 0.174 e. The van der Waals surface area contributed by atoms with Gasteiger partial charge in [-0.05, 0) is 92.3 Å². The molecule has 33 heavy (non-hydrogen) atoms. The monoisotopic (exact) mass is 536 g/mol. The van der Waals surface area contributed by atoms with Gasteiger partial charge in [0.1, 0.15) is 0 Å². The predicted octanol–water partition coefficient (Wildman–Crippen LogP) is 7.08. The van der Waals surface area contributed by atoms with Crippen molar-refractivity contribution in [1.29, 1.82) is 0 Å². The molecule has 7 heteroatoms. The molecule has 1 saturated heterocycles. The molecule has 3 heterocycles.